The summed E-state index contributed by atoms with van der Waals surface area (Å²) in [5, 5.41) is 3.19. The number of carbonyl (C=O) groups is 1. The van der Waals surface area contributed by atoms with E-state index in [2.05, 4.69) is 5.32 Å². The van der Waals surface area contributed by atoms with Gasteiger partial charge in [-0.2, -0.15) is 4.31 Å². The number of anilines is 1. The third-order valence-electron chi connectivity index (χ3n) is 5.13. The Hall–Kier alpha value is -2.23. The predicted molar refractivity (Wildman–Crippen MR) is 118 cm³/mol. The van der Waals surface area contributed by atoms with Crippen molar-refractivity contribution in [1.29, 1.82) is 0 Å². The minimum absolute atomic E-state index is 0.0994. The molecule has 0 unspecified atom stereocenters. The average molecular weight is 487 g/mol. The highest BCUT2D eigenvalue weighted by molar-refractivity contribution is 7.89. The molecule has 0 spiro atoms. The van der Waals surface area contributed by atoms with Crippen molar-refractivity contribution in [3.8, 4) is 5.75 Å². The van der Waals surface area contributed by atoms with Gasteiger partial charge in [-0.3, -0.25) is 4.79 Å². The van der Waals surface area contributed by atoms with Crippen LogP contribution in [0.4, 0.5) is 14.5 Å². The number of halogens is 3. The van der Waals surface area contributed by atoms with Crippen LogP contribution in [0.2, 0.25) is 5.02 Å². The highest BCUT2D eigenvalue weighted by atomic mass is 35.5. The lowest BCUT2D eigenvalue weighted by Gasteiger charge is -2.30. The normalized spacial score (nSPS) is 15.7. The Labute approximate surface area is 191 Å². The molecule has 174 valence electrons. The Morgan fingerprint density at radius 1 is 1.16 bits per heavy atom. The van der Waals surface area contributed by atoms with Crippen LogP contribution in [-0.2, 0) is 14.8 Å². The lowest BCUT2D eigenvalue weighted by atomic mass is 9.97. The summed E-state index contributed by atoms with van der Waals surface area (Å²) in [6.45, 7) is 4.77. The van der Waals surface area contributed by atoms with E-state index < -0.39 is 21.7 Å². The highest BCUT2D eigenvalue weighted by Gasteiger charge is 2.32. The fourth-order valence-electron chi connectivity index (χ4n) is 3.34. The molecule has 1 saturated heterocycles. The monoisotopic (exact) mass is 486 g/mol. The second kappa shape index (κ2) is 10.1. The van der Waals surface area contributed by atoms with E-state index >= 15 is 0 Å². The Balaban J connectivity index is 1.58. The van der Waals surface area contributed by atoms with Gasteiger partial charge in [0.05, 0.1) is 16.5 Å². The zero-order valence-electron chi connectivity index (χ0n) is 17.8. The minimum atomic E-state index is -3.97. The number of hydrogen-bond acceptors (Lipinski definition) is 4. The van der Waals surface area contributed by atoms with Crippen molar-refractivity contribution in [1.82, 2.24) is 4.31 Å². The van der Waals surface area contributed by atoms with Crippen molar-refractivity contribution in [2.45, 2.75) is 31.6 Å². The largest absolute Gasteiger partial charge is 0.492 e. The van der Waals surface area contributed by atoms with Gasteiger partial charge in [0.1, 0.15) is 5.75 Å². The molecule has 0 radical (unpaired) electrons. The Kier molecular flexibility index (Phi) is 7.74. The molecule has 1 fully saturated rings. The molecule has 32 heavy (non-hydrogen) atoms. The number of piperidine rings is 1. The van der Waals surface area contributed by atoms with E-state index in [4.69, 9.17) is 16.3 Å². The lowest BCUT2D eigenvalue weighted by Crippen LogP contribution is -2.41. The first-order valence-electron chi connectivity index (χ1n) is 10.3. The molecule has 2 aromatic carbocycles. The Morgan fingerprint density at radius 2 is 1.84 bits per heavy atom. The molecule has 1 amide bonds. The molecule has 2 aromatic rings. The number of benzene rings is 2. The third kappa shape index (κ3) is 5.76. The molecular formula is C22H25ClF2N2O4S. The first kappa shape index (κ1) is 24.4. The van der Waals surface area contributed by atoms with Crippen LogP contribution in [0.25, 0.3) is 0 Å². The summed E-state index contributed by atoms with van der Waals surface area (Å²) in [7, 11) is -3.97. The van der Waals surface area contributed by atoms with Gasteiger partial charge >= 0.3 is 0 Å². The van der Waals surface area contributed by atoms with Crippen LogP contribution in [-0.4, -0.2) is 38.3 Å². The molecule has 10 heteroatoms. The van der Waals surface area contributed by atoms with E-state index in [0.717, 1.165) is 12.1 Å². The van der Waals surface area contributed by atoms with Gasteiger partial charge in [-0.25, -0.2) is 17.2 Å². The lowest BCUT2D eigenvalue weighted by molar-refractivity contribution is -0.120. The second-order valence-corrected chi connectivity index (χ2v) is 10.4. The van der Waals surface area contributed by atoms with Gasteiger partial charge in [0.2, 0.25) is 15.9 Å². The predicted octanol–water partition coefficient (Wildman–Crippen LogP) is 4.69. The molecule has 1 N–H and O–H groups in total. The van der Waals surface area contributed by atoms with Crippen LogP contribution in [0.3, 0.4) is 0 Å². The van der Waals surface area contributed by atoms with Crippen LogP contribution < -0.4 is 10.1 Å². The summed E-state index contributed by atoms with van der Waals surface area (Å²) in [5.41, 5.74) is 0.522. The van der Waals surface area contributed by atoms with Gasteiger partial charge in [0.25, 0.3) is 0 Å². The van der Waals surface area contributed by atoms with Crippen molar-refractivity contribution in [2.24, 2.45) is 11.8 Å². The number of carbonyl (C=O) groups excluding carboxylic acids is 1. The number of nitrogens with zero attached hydrogens (tertiary/aromatic N) is 1. The first-order chi connectivity index (χ1) is 15.1. The molecule has 6 nitrogen and oxygen atoms in total. The van der Waals surface area contributed by atoms with Crippen molar-refractivity contribution in [3.05, 3.63) is 53.1 Å². The zero-order valence-corrected chi connectivity index (χ0v) is 19.3. The standard InChI is InChI=1S/C22H25ClF2N2O4S/c1-14(2)13-31-21-6-3-16(11-18(21)23)26-22(28)15-7-9-27(10-8-15)32(29,30)17-4-5-19(24)20(25)12-17/h3-6,11-12,14-15H,7-10,13H2,1-2H3,(H,26,28). The fraction of sp³-hybridized carbons (Fsp3) is 0.409. The molecule has 0 bridgehead atoms. The van der Waals surface area contributed by atoms with Crippen molar-refractivity contribution >= 4 is 33.2 Å². The van der Waals surface area contributed by atoms with E-state index in [-0.39, 0.29) is 29.8 Å². The van der Waals surface area contributed by atoms with Gasteiger partial charge in [0.15, 0.2) is 11.6 Å². The van der Waals surface area contributed by atoms with Crippen LogP contribution >= 0.6 is 11.6 Å². The zero-order chi connectivity index (χ0) is 23.5. The summed E-state index contributed by atoms with van der Waals surface area (Å²) < 4.78 is 58.8. The summed E-state index contributed by atoms with van der Waals surface area (Å²) in [6, 6.07) is 7.48. The summed E-state index contributed by atoms with van der Waals surface area (Å²) in [5.74, 6) is -2.07. The molecular weight excluding hydrogens is 462 g/mol. The fourth-order valence-corrected chi connectivity index (χ4v) is 5.06. The maximum absolute atomic E-state index is 13.5. The number of ether oxygens (including phenoxy) is 1. The van der Waals surface area contributed by atoms with E-state index in [1.54, 1.807) is 18.2 Å². The number of amides is 1. The second-order valence-electron chi connectivity index (χ2n) is 8.09. The van der Waals surface area contributed by atoms with Crippen LogP contribution in [0.15, 0.2) is 41.3 Å². The molecule has 0 aliphatic carbocycles. The van der Waals surface area contributed by atoms with Crippen molar-refractivity contribution in [2.75, 3.05) is 25.0 Å². The topological polar surface area (TPSA) is 75.7 Å². The summed E-state index contributed by atoms with van der Waals surface area (Å²) in [6.07, 6.45) is 0.607. The Morgan fingerprint density at radius 3 is 2.44 bits per heavy atom. The van der Waals surface area contributed by atoms with E-state index in [0.29, 0.717) is 47.9 Å². The maximum Gasteiger partial charge on any atom is 0.243 e. The van der Waals surface area contributed by atoms with E-state index in [1.807, 2.05) is 13.8 Å². The molecule has 3 rings (SSSR count). The number of nitrogens with one attached hydrogen (secondary N) is 1. The SMILES string of the molecule is CC(C)COc1ccc(NC(=O)C2CCN(S(=O)(=O)c3ccc(F)c(F)c3)CC2)cc1Cl. The average Bonchev–Trinajstić information content (AvgIpc) is 2.75. The number of hydrogen-bond donors (Lipinski definition) is 1. The van der Waals surface area contributed by atoms with Gasteiger partial charge in [0, 0.05) is 24.7 Å². The van der Waals surface area contributed by atoms with Gasteiger partial charge in [-0.1, -0.05) is 25.4 Å². The van der Waals surface area contributed by atoms with E-state index in [9.17, 15) is 22.0 Å². The first-order valence-corrected chi connectivity index (χ1v) is 12.1. The maximum atomic E-state index is 13.5. The van der Waals surface area contributed by atoms with Crippen LogP contribution in [0, 0.1) is 23.5 Å². The molecule has 1 heterocycles. The summed E-state index contributed by atoms with van der Waals surface area (Å²) >= 11 is 6.23. The number of rotatable bonds is 7. The van der Waals surface area contributed by atoms with Gasteiger partial charge in [-0.15, -0.1) is 0 Å². The van der Waals surface area contributed by atoms with Crippen LogP contribution in [0.5, 0.6) is 5.75 Å². The van der Waals surface area contributed by atoms with Crippen molar-refractivity contribution < 1.29 is 26.7 Å². The molecule has 1 aliphatic rings. The smallest absolute Gasteiger partial charge is 0.243 e. The minimum Gasteiger partial charge on any atom is -0.492 e. The Bertz CT molecular complexity index is 1090. The van der Waals surface area contributed by atoms with Crippen molar-refractivity contribution in [3.63, 3.8) is 0 Å². The molecule has 0 aromatic heterocycles. The van der Waals surface area contributed by atoms with Gasteiger partial charge in [-0.05, 0) is 55.2 Å². The highest BCUT2D eigenvalue weighted by Crippen LogP contribution is 2.30. The van der Waals surface area contributed by atoms with Gasteiger partial charge < -0.3 is 10.1 Å². The summed E-state index contributed by atoms with van der Waals surface area (Å²) in [4.78, 5) is 12.3. The quantitative estimate of drug-likeness (QED) is 0.616. The molecule has 0 saturated carbocycles. The number of sulfonamides is 1. The van der Waals surface area contributed by atoms with Crippen LogP contribution in [0.1, 0.15) is 26.7 Å². The molecule has 1 aliphatic heterocycles. The molecule has 0 atom stereocenters. The third-order valence-corrected chi connectivity index (χ3v) is 7.32. The van der Waals surface area contributed by atoms with E-state index in [1.165, 1.54) is 4.31 Å².